The van der Waals surface area contributed by atoms with Crippen LogP contribution in [0.2, 0.25) is 0 Å². The molecule has 0 unspecified atom stereocenters. The van der Waals surface area contributed by atoms with Gasteiger partial charge in [0.25, 0.3) is 0 Å². The Balaban J connectivity index is 1.39. The van der Waals surface area contributed by atoms with Gasteiger partial charge in [0.2, 0.25) is 5.91 Å². The first-order valence-electron chi connectivity index (χ1n) is 9.45. The number of nitrogens with zero attached hydrogens (tertiary/aromatic N) is 3. The monoisotopic (exact) mass is 407 g/mol. The maximum Gasteiger partial charge on any atom is 0.236 e. The smallest absolute Gasteiger partial charge is 0.236 e. The van der Waals surface area contributed by atoms with Gasteiger partial charge in [-0.15, -0.1) is 11.3 Å². The van der Waals surface area contributed by atoms with E-state index in [2.05, 4.69) is 6.07 Å². The van der Waals surface area contributed by atoms with E-state index in [0.29, 0.717) is 13.0 Å². The minimum Gasteiger partial charge on any atom is -0.341 e. The molecule has 1 aromatic heterocycles. The molecule has 0 aliphatic carbocycles. The highest BCUT2D eigenvalue weighted by molar-refractivity contribution is 7.91. The summed E-state index contributed by atoms with van der Waals surface area (Å²) >= 11 is 1.73. The predicted molar refractivity (Wildman–Crippen MR) is 108 cm³/mol. The fraction of sp³-hybridized carbons (Fsp3) is 0.579. The Morgan fingerprint density at radius 2 is 2.15 bits per heavy atom. The molecule has 3 heterocycles. The molecule has 2 atom stereocenters. The summed E-state index contributed by atoms with van der Waals surface area (Å²) in [5.74, 6) is 0.787. The number of amides is 1. The van der Waals surface area contributed by atoms with E-state index in [1.54, 1.807) is 11.3 Å². The zero-order valence-electron chi connectivity index (χ0n) is 15.5. The maximum atomic E-state index is 12.8. The Morgan fingerprint density at radius 1 is 1.33 bits per heavy atom. The number of rotatable bonds is 4. The van der Waals surface area contributed by atoms with Crippen molar-refractivity contribution in [1.82, 2.24) is 14.8 Å². The number of para-hydroxylation sites is 1. The molecule has 2 fully saturated rings. The van der Waals surface area contributed by atoms with Gasteiger partial charge in [0, 0.05) is 25.0 Å². The first-order chi connectivity index (χ1) is 12.9. The number of hydrogen-bond acceptors (Lipinski definition) is 6. The lowest BCUT2D eigenvalue weighted by Crippen LogP contribution is -2.46. The van der Waals surface area contributed by atoms with Crippen LogP contribution in [0.15, 0.2) is 24.3 Å². The molecule has 8 heteroatoms. The van der Waals surface area contributed by atoms with Crippen molar-refractivity contribution in [2.75, 3.05) is 38.2 Å². The molecule has 0 radical (unpaired) electrons. The first kappa shape index (κ1) is 18.8. The molecule has 0 spiro atoms. The van der Waals surface area contributed by atoms with Gasteiger partial charge < -0.3 is 4.90 Å². The van der Waals surface area contributed by atoms with Gasteiger partial charge in [-0.25, -0.2) is 13.4 Å². The highest BCUT2D eigenvalue weighted by atomic mass is 32.2. The van der Waals surface area contributed by atoms with Crippen molar-refractivity contribution in [2.24, 2.45) is 0 Å². The normalized spacial score (nSPS) is 25.3. The number of piperidine rings is 1. The van der Waals surface area contributed by atoms with E-state index in [-0.39, 0.29) is 35.9 Å². The topological polar surface area (TPSA) is 70.6 Å². The van der Waals surface area contributed by atoms with Crippen LogP contribution in [-0.2, 0) is 14.6 Å². The van der Waals surface area contributed by atoms with Gasteiger partial charge in [-0.3, -0.25) is 9.69 Å². The van der Waals surface area contributed by atoms with Crippen molar-refractivity contribution in [2.45, 2.75) is 31.2 Å². The second-order valence-electron chi connectivity index (χ2n) is 7.67. The Labute approximate surface area is 164 Å². The number of aromatic nitrogens is 1. The fourth-order valence-corrected chi connectivity index (χ4v) is 6.93. The molecular weight excluding hydrogens is 382 g/mol. The Kier molecular flexibility index (Phi) is 5.22. The van der Waals surface area contributed by atoms with E-state index < -0.39 is 9.84 Å². The van der Waals surface area contributed by atoms with Gasteiger partial charge in [0.15, 0.2) is 9.84 Å². The zero-order chi connectivity index (χ0) is 19.0. The molecule has 2 aliphatic heterocycles. The number of likely N-dealkylation sites (N-methyl/N-ethyl adjacent to an activating group) is 1. The van der Waals surface area contributed by atoms with E-state index in [0.717, 1.165) is 29.9 Å². The molecule has 146 valence electrons. The number of benzene rings is 1. The molecule has 1 aromatic carbocycles. The SMILES string of the molecule is CN(CC(=O)N1CCC[C@@H](c2nc3ccccc3s2)C1)[C@@H]1CCS(=O)(=O)C1. The van der Waals surface area contributed by atoms with Gasteiger partial charge in [-0.2, -0.15) is 0 Å². The fourth-order valence-electron chi connectivity index (χ4n) is 4.04. The van der Waals surface area contributed by atoms with E-state index in [9.17, 15) is 13.2 Å². The summed E-state index contributed by atoms with van der Waals surface area (Å²) in [5, 5.41) is 1.11. The van der Waals surface area contributed by atoms with Crippen molar-refractivity contribution < 1.29 is 13.2 Å². The van der Waals surface area contributed by atoms with Crippen LogP contribution in [0.5, 0.6) is 0 Å². The summed E-state index contributed by atoms with van der Waals surface area (Å²) in [5.41, 5.74) is 1.03. The molecule has 27 heavy (non-hydrogen) atoms. The Bertz CT molecular complexity index is 908. The van der Waals surface area contributed by atoms with Crippen molar-refractivity contribution in [3.8, 4) is 0 Å². The van der Waals surface area contributed by atoms with Crippen molar-refractivity contribution in [1.29, 1.82) is 0 Å². The summed E-state index contributed by atoms with van der Waals surface area (Å²) in [7, 11) is -1.07. The van der Waals surface area contributed by atoms with Gasteiger partial charge in [0.05, 0.1) is 33.3 Å². The standard InChI is InChI=1S/C19H25N3O3S2/c1-21(15-8-10-27(24,25)13-15)12-18(23)22-9-4-5-14(11-22)19-20-16-6-2-3-7-17(16)26-19/h2-3,6-7,14-15H,4-5,8-13H2,1H3/t14-,15-/m1/s1. The van der Waals surface area contributed by atoms with Crippen LogP contribution in [0.3, 0.4) is 0 Å². The van der Waals surface area contributed by atoms with Crippen LogP contribution in [0.1, 0.15) is 30.2 Å². The largest absolute Gasteiger partial charge is 0.341 e. The number of fused-ring (bicyclic) bond motifs is 1. The molecule has 6 nitrogen and oxygen atoms in total. The molecular formula is C19H25N3O3S2. The molecule has 0 N–H and O–H groups in total. The molecule has 0 bridgehead atoms. The molecule has 2 aromatic rings. The Morgan fingerprint density at radius 3 is 2.89 bits per heavy atom. The summed E-state index contributed by atoms with van der Waals surface area (Å²) in [6.45, 7) is 1.76. The molecule has 2 saturated heterocycles. The minimum atomic E-state index is -2.93. The van der Waals surface area contributed by atoms with E-state index >= 15 is 0 Å². The lowest BCUT2D eigenvalue weighted by Gasteiger charge is -2.33. The number of sulfone groups is 1. The molecule has 4 rings (SSSR count). The number of thiazole rings is 1. The van der Waals surface area contributed by atoms with E-state index in [1.807, 2.05) is 35.0 Å². The Hall–Kier alpha value is -1.51. The second-order valence-corrected chi connectivity index (χ2v) is 11.0. The third-order valence-corrected chi connectivity index (χ3v) is 8.60. The zero-order valence-corrected chi connectivity index (χ0v) is 17.1. The molecule has 1 amide bonds. The van der Waals surface area contributed by atoms with Crippen LogP contribution in [0, 0.1) is 0 Å². The van der Waals surface area contributed by atoms with Crippen molar-refractivity contribution >= 4 is 37.3 Å². The number of carbonyl (C=O) groups excluding carboxylic acids is 1. The minimum absolute atomic E-state index is 0.0381. The summed E-state index contributed by atoms with van der Waals surface area (Å²) in [4.78, 5) is 21.4. The summed E-state index contributed by atoms with van der Waals surface area (Å²) in [6, 6.07) is 8.11. The second kappa shape index (κ2) is 7.48. The number of carbonyl (C=O) groups is 1. The van der Waals surface area contributed by atoms with Crippen molar-refractivity contribution in [3.05, 3.63) is 29.3 Å². The first-order valence-corrected chi connectivity index (χ1v) is 12.1. The van der Waals surface area contributed by atoms with Crippen LogP contribution in [0.25, 0.3) is 10.2 Å². The quantitative estimate of drug-likeness (QED) is 0.776. The van der Waals surface area contributed by atoms with Gasteiger partial charge in [-0.1, -0.05) is 12.1 Å². The summed E-state index contributed by atoms with van der Waals surface area (Å²) < 4.78 is 24.6. The van der Waals surface area contributed by atoms with Crippen LogP contribution < -0.4 is 0 Å². The van der Waals surface area contributed by atoms with E-state index in [1.165, 1.54) is 4.70 Å². The third-order valence-electron chi connectivity index (χ3n) is 5.65. The maximum absolute atomic E-state index is 12.8. The average molecular weight is 408 g/mol. The number of likely N-dealkylation sites (tertiary alicyclic amines) is 1. The average Bonchev–Trinajstić information content (AvgIpc) is 3.24. The highest BCUT2D eigenvalue weighted by Crippen LogP contribution is 2.33. The summed E-state index contributed by atoms with van der Waals surface area (Å²) in [6.07, 6.45) is 2.66. The molecule has 0 saturated carbocycles. The lowest BCUT2D eigenvalue weighted by molar-refractivity contribution is -0.133. The van der Waals surface area contributed by atoms with Crippen molar-refractivity contribution in [3.63, 3.8) is 0 Å². The lowest BCUT2D eigenvalue weighted by atomic mass is 9.98. The number of hydrogen-bond donors (Lipinski definition) is 0. The highest BCUT2D eigenvalue weighted by Gasteiger charge is 2.33. The van der Waals surface area contributed by atoms with Gasteiger partial charge in [-0.05, 0) is 38.4 Å². The molecule has 2 aliphatic rings. The van der Waals surface area contributed by atoms with Gasteiger partial charge in [0.1, 0.15) is 0 Å². The third kappa shape index (κ3) is 4.17. The predicted octanol–water partition coefficient (Wildman–Crippen LogP) is 2.12. The van der Waals surface area contributed by atoms with Crippen LogP contribution in [-0.4, -0.2) is 73.3 Å². The van der Waals surface area contributed by atoms with E-state index in [4.69, 9.17) is 4.98 Å². The van der Waals surface area contributed by atoms with Gasteiger partial charge >= 0.3 is 0 Å². The van der Waals surface area contributed by atoms with Crippen LogP contribution >= 0.6 is 11.3 Å². The van der Waals surface area contributed by atoms with Crippen LogP contribution in [0.4, 0.5) is 0 Å².